The summed E-state index contributed by atoms with van der Waals surface area (Å²) in [4.78, 5) is 17.1. The fourth-order valence-corrected chi connectivity index (χ4v) is 2.03. The lowest BCUT2D eigenvalue weighted by atomic mass is 10.2. The van der Waals surface area contributed by atoms with Gasteiger partial charge in [0.2, 0.25) is 11.9 Å². The maximum Gasteiger partial charge on any atom is 0.258 e. The van der Waals surface area contributed by atoms with Crippen LogP contribution in [0.3, 0.4) is 0 Å². The van der Waals surface area contributed by atoms with Crippen molar-refractivity contribution in [3.63, 3.8) is 0 Å². The van der Waals surface area contributed by atoms with Crippen LogP contribution in [0.2, 0.25) is 0 Å². The predicted molar refractivity (Wildman–Crippen MR) is 79.3 cm³/mol. The minimum Gasteiger partial charge on any atom is -0.354 e. The van der Waals surface area contributed by atoms with Crippen LogP contribution in [-0.2, 0) is 0 Å². The first-order valence-corrected chi connectivity index (χ1v) is 7.20. The van der Waals surface area contributed by atoms with E-state index in [1.807, 2.05) is 0 Å². The Morgan fingerprint density at radius 1 is 1.29 bits per heavy atom. The van der Waals surface area contributed by atoms with Crippen molar-refractivity contribution in [1.82, 2.24) is 29.7 Å². The van der Waals surface area contributed by atoms with Crippen LogP contribution in [0.15, 0.2) is 12.7 Å². The molecule has 0 spiro atoms. The summed E-state index contributed by atoms with van der Waals surface area (Å²) in [5.74, 6) is 1.59. The molecule has 0 bridgehead atoms. The Balaban J connectivity index is 1.86. The van der Waals surface area contributed by atoms with Gasteiger partial charge in [-0.05, 0) is 18.3 Å². The number of hydrogen-bond donors (Lipinski definition) is 2. The molecular weight excluding hydrogens is 268 g/mol. The van der Waals surface area contributed by atoms with Gasteiger partial charge in [0.1, 0.15) is 12.7 Å². The highest BCUT2D eigenvalue weighted by atomic mass is 15.4. The maximum atomic E-state index is 4.42. The standard InChI is InChI=1S/C13H20N8/c1-4-5-15-10-18-11(17-9-6-13(9,2)3)20-12(19-10)21-8-14-7-16-21/h7-9H,4-6H2,1-3H3,(H2,15,17,18,19,20). The van der Waals surface area contributed by atoms with Gasteiger partial charge in [0.15, 0.2) is 0 Å². The van der Waals surface area contributed by atoms with E-state index in [-0.39, 0.29) is 0 Å². The van der Waals surface area contributed by atoms with Crippen LogP contribution in [-0.4, -0.2) is 42.3 Å². The van der Waals surface area contributed by atoms with E-state index in [4.69, 9.17) is 0 Å². The largest absolute Gasteiger partial charge is 0.354 e. The molecule has 8 heteroatoms. The Morgan fingerprint density at radius 2 is 2.05 bits per heavy atom. The van der Waals surface area contributed by atoms with E-state index >= 15 is 0 Å². The third-order valence-electron chi connectivity index (χ3n) is 3.60. The zero-order valence-corrected chi connectivity index (χ0v) is 12.5. The minimum atomic E-state index is 0.303. The second-order valence-corrected chi connectivity index (χ2v) is 5.94. The highest BCUT2D eigenvalue weighted by Gasteiger charge is 2.46. The lowest BCUT2D eigenvalue weighted by Crippen LogP contribution is -2.16. The molecule has 0 aliphatic heterocycles. The average molecular weight is 288 g/mol. The van der Waals surface area contributed by atoms with Crippen molar-refractivity contribution >= 4 is 11.9 Å². The van der Waals surface area contributed by atoms with Crippen LogP contribution in [0.25, 0.3) is 5.95 Å². The third-order valence-corrected chi connectivity index (χ3v) is 3.60. The number of nitrogens with one attached hydrogen (secondary N) is 2. The number of rotatable bonds is 6. The normalized spacial score (nSPS) is 19.3. The minimum absolute atomic E-state index is 0.303. The molecule has 112 valence electrons. The first-order valence-electron chi connectivity index (χ1n) is 7.20. The molecule has 1 atom stereocenters. The third kappa shape index (κ3) is 3.09. The molecular formula is C13H20N8. The van der Waals surface area contributed by atoms with Gasteiger partial charge in [-0.2, -0.15) is 24.7 Å². The van der Waals surface area contributed by atoms with Crippen molar-refractivity contribution in [2.75, 3.05) is 17.2 Å². The predicted octanol–water partition coefficient (Wildman–Crippen LogP) is 1.48. The van der Waals surface area contributed by atoms with Crippen molar-refractivity contribution < 1.29 is 0 Å². The molecule has 1 aliphatic carbocycles. The molecule has 0 aromatic carbocycles. The van der Waals surface area contributed by atoms with Crippen molar-refractivity contribution in [3.05, 3.63) is 12.7 Å². The Bertz CT molecular complexity index is 607. The fourth-order valence-electron chi connectivity index (χ4n) is 2.03. The van der Waals surface area contributed by atoms with Gasteiger partial charge in [0.05, 0.1) is 0 Å². The molecule has 1 fully saturated rings. The van der Waals surface area contributed by atoms with Gasteiger partial charge in [-0.3, -0.25) is 0 Å². The van der Waals surface area contributed by atoms with Crippen molar-refractivity contribution in [3.8, 4) is 5.95 Å². The first-order chi connectivity index (χ1) is 10.1. The van der Waals surface area contributed by atoms with E-state index in [0.29, 0.717) is 29.3 Å². The Kier molecular flexibility index (Phi) is 3.44. The summed E-state index contributed by atoms with van der Waals surface area (Å²) in [5, 5.41) is 10.6. The first kappa shape index (κ1) is 13.7. The average Bonchev–Trinajstić information content (AvgIpc) is 2.89. The highest BCUT2D eigenvalue weighted by molar-refractivity contribution is 5.40. The quantitative estimate of drug-likeness (QED) is 0.831. The van der Waals surface area contributed by atoms with Gasteiger partial charge in [-0.1, -0.05) is 20.8 Å². The molecule has 0 amide bonds. The van der Waals surface area contributed by atoms with Crippen molar-refractivity contribution in [2.45, 2.75) is 39.7 Å². The van der Waals surface area contributed by atoms with Gasteiger partial charge < -0.3 is 10.6 Å². The molecule has 2 aromatic rings. The van der Waals surface area contributed by atoms with Gasteiger partial charge in [0, 0.05) is 12.6 Å². The van der Waals surface area contributed by atoms with Gasteiger partial charge >= 0.3 is 0 Å². The second-order valence-electron chi connectivity index (χ2n) is 5.94. The molecule has 1 unspecified atom stereocenters. The topological polar surface area (TPSA) is 93.4 Å². The molecule has 2 heterocycles. The van der Waals surface area contributed by atoms with Crippen molar-refractivity contribution in [1.29, 1.82) is 0 Å². The molecule has 0 radical (unpaired) electrons. The highest BCUT2D eigenvalue weighted by Crippen LogP contribution is 2.46. The second kappa shape index (κ2) is 5.27. The summed E-state index contributed by atoms with van der Waals surface area (Å²) < 4.78 is 1.53. The van der Waals surface area contributed by atoms with Gasteiger partial charge in [0.25, 0.3) is 5.95 Å². The summed E-state index contributed by atoms with van der Waals surface area (Å²) in [6, 6.07) is 0.405. The summed E-state index contributed by atoms with van der Waals surface area (Å²) >= 11 is 0. The monoisotopic (exact) mass is 288 g/mol. The van der Waals surface area contributed by atoms with E-state index in [1.54, 1.807) is 6.33 Å². The van der Waals surface area contributed by atoms with E-state index < -0.39 is 0 Å². The molecule has 8 nitrogen and oxygen atoms in total. The molecule has 21 heavy (non-hydrogen) atoms. The number of nitrogens with zero attached hydrogens (tertiary/aromatic N) is 6. The van der Waals surface area contributed by atoms with Gasteiger partial charge in [-0.25, -0.2) is 4.98 Å². The number of aromatic nitrogens is 6. The van der Waals surface area contributed by atoms with Crippen LogP contribution in [0.5, 0.6) is 0 Å². The Labute approximate surface area is 123 Å². The van der Waals surface area contributed by atoms with E-state index in [9.17, 15) is 0 Å². The zero-order valence-electron chi connectivity index (χ0n) is 12.5. The van der Waals surface area contributed by atoms with E-state index in [1.165, 1.54) is 11.0 Å². The lowest BCUT2D eigenvalue weighted by Gasteiger charge is -2.10. The lowest BCUT2D eigenvalue weighted by molar-refractivity contribution is 0.628. The Morgan fingerprint density at radius 3 is 2.67 bits per heavy atom. The van der Waals surface area contributed by atoms with E-state index in [0.717, 1.165) is 19.4 Å². The summed E-state index contributed by atoms with van der Waals surface area (Å²) in [5.41, 5.74) is 0.303. The smallest absolute Gasteiger partial charge is 0.258 e. The maximum absolute atomic E-state index is 4.42. The number of anilines is 2. The summed E-state index contributed by atoms with van der Waals surface area (Å²) in [6.45, 7) is 7.36. The van der Waals surface area contributed by atoms with Crippen LogP contribution in [0.1, 0.15) is 33.6 Å². The number of hydrogen-bond acceptors (Lipinski definition) is 7. The van der Waals surface area contributed by atoms with Crippen LogP contribution in [0, 0.1) is 5.41 Å². The van der Waals surface area contributed by atoms with Crippen LogP contribution in [0.4, 0.5) is 11.9 Å². The SMILES string of the molecule is CCCNc1nc(NC2CC2(C)C)nc(-n2cncn2)n1. The molecule has 2 N–H and O–H groups in total. The van der Waals surface area contributed by atoms with E-state index in [2.05, 4.69) is 56.4 Å². The molecule has 3 rings (SSSR count). The fraction of sp³-hybridized carbons (Fsp3) is 0.615. The Hall–Kier alpha value is -2.25. The molecule has 1 saturated carbocycles. The summed E-state index contributed by atoms with van der Waals surface area (Å²) in [7, 11) is 0. The van der Waals surface area contributed by atoms with Crippen LogP contribution < -0.4 is 10.6 Å². The molecule has 1 aliphatic rings. The molecule has 2 aromatic heterocycles. The zero-order chi connectivity index (χ0) is 14.9. The van der Waals surface area contributed by atoms with Gasteiger partial charge in [-0.15, -0.1) is 0 Å². The molecule has 0 saturated heterocycles. The van der Waals surface area contributed by atoms with Crippen molar-refractivity contribution in [2.24, 2.45) is 5.41 Å². The van der Waals surface area contributed by atoms with Crippen LogP contribution >= 0.6 is 0 Å². The summed E-state index contributed by atoms with van der Waals surface area (Å²) in [6.07, 6.45) is 5.15.